The molecule has 2 heterocycles. The van der Waals surface area contributed by atoms with Crippen LogP contribution in [0.3, 0.4) is 0 Å². The van der Waals surface area contributed by atoms with Gasteiger partial charge in [-0.3, -0.25) is 4.99 Å². The lowest BCUT2D eigenvalue weighted by Gasteiger charge is -2.11. The number of hydrogen-bond acceptors (Lipinski definition) is 5. The SMILES string of the molecule is CCNC(=NCCCOCC1CCCO1)NCCc1ncc(C)s1. The summed E-state index contributed by atoms with van der Waals surface area (Å²) in [5.74, 6) is 0.866. The van der Waals surface area contributed by atoms with Gasteiger partial charge >= 0.3 is 0 Å². The highest BCUT2D eigenvalue weighted by Crippen LogP contribution is 2.12. The van der Waals surface area contributed by atoms with Crippen molar-refractivity contribution in [3.8, 4) is 0 Å². The van der Waals surface area contributed by atoms with Crippen molar-refractivity contribution in [2.45, 2.75) is 45.6 Å². The summed E-state index contributed by atoms with van der Waals surface area (Å²) in [5, 5.41) is 7.79. The fourth-order valence-electron chi connectivity index (χ4n) is 2.49. The molecule has 0 radical (unpaired) electrons. The van der Waals surface area contributed by atoms with Crippen LogP contribution in [0.1, 0.15) is 36.1 Å². The van der Waals surface area contributed by atoms with E-state index in [-0.39, 0.29) is 0 Å². The van der Waals surface area contributed by atoms with E-state index in [0.29, 0.717) is 6.10 Å². The summed E-state index contributed by atoms with van der Waals surface area (Å²) in [5.41, 5.74) is 0. The van der Waals surface area contributed by atoms with Crippen molar-refractivity contribution >= 4 is 17.3 Å². The summed E-state index contributed by atoms with van der Waals surface area (Å²) < 4.78 is 11.2. The van der Waals surface area contributed by atoms with Gasteiger partial charge in [-0.05, 0) is 33.1 Å². The van der Waals surface area contributed by atoms with Crippen LogP contribution in [0.5, 0.6) is 0 Å². The smallest absolute Gasteiger partial charge is 0.191 e. The lowest BCUT2D eigenvalue weighted by molar-refractivity contribution is 0.0171. The molecule has 1 aromatic heterocycles. The van der Waals surface area contributed by atoms with Gasteiger partial charge in [-0.25, -0.2) is 4.98 Å². The molecule has 7 heteroatoms. The average molecular weight is 355 g/mol. The molecule has 1 saturated heterocycles. The maximum Gasteiger partial charge on any atom is 0.191 e. The molecule has 0 bridgehead atoms. The zero-order chi connectivity index (χ0) is 17.0. The summed E-state index contributed by atoms with van der Waals surface area (Å²) in [7, 11) is 0. The number of hydrogen-bond donors (Lipinski definition) is 2. The molecule has 1 unspecified atom stereocenters. The number of guanidine groups is 1. The summed E-state index contributed by atoms with van der Waals surface area (Å²) in [6, 6.07) is 0. The van der Waals surface area contributed by atoms with Crippen molar-refractivity contribution in [1.29, 1.82) is 0 Å². The first kappa shape index (κ1) is 19.1. The fraction of sp³-hybridized carbons (Fsp3) is 0.765. The standard InChI is InChI=1S/C17H30N4O2S/c1-3-18-17(20-9-7-16-21-12-14(2)24-16)19-8-5-10-22-13-15-6-4-11-23-15/h12,15H,3-11,13H2,1-2H3,(H2,18,19,20). The molecule has 0 aliphatic carbocycles. The van der Waals surface area contributed by atoms with Gasteiger partial charge < -0.3 is 20.1 Å². The highest BCUT2D eigenvalue weighted by molar-refractivity contribution is 7.11. The van der Waals surface area contributed by atoms with Crippen LogP contribution in [-0.2, 0) is 15.9 Å². The number of aliphatic imine (C=N–C) groups is 1. The van der Waals surface area contributed by atoms with Gasteiger partial charge in [0.1, 0.15) is 0 Å². The van der Waals surface area contributed by atoms with Crippen LogP contribution in [0.25, 0.3) is 0 Å². The first-order chi connectivity index (χ1) is 11.8. The van der Waals surface area contributed by atoms with Gasteiger partial charge in [-0.1, -0.05) is 0 Å². The quantitative estimate of drug-likeness (QED) is 0.383. The van der Waals surface area contributed by atoms with Gasteiger partial charge in [0, 0.05) is 50.3 Å². The second-order valence-corrected chi connectivity index (χ2v) is 7.18. The third kappa shape index (κ3) is 7.59. The summed E-state index contributed by atoms with van der Waals surface area (Å²) in [4.78, 5) is 10.2. The van der Waals surface area contributed by atoms with E-state index in [2.05, 4.69) is 34.5 Å². The Hall–Kier alpha value is -1.18. The number of aromatic nitrogens is 1. The molecule has 0 saturated carbocycles. The molecule has 1 fully saturated rings. The van der Waals surface area contributed by atoms with Crippen LogP contribution < -0.4 is 10.6 Å². The number of nitrogens with one attached hydrogen (secondary N) is 2. The minimum absolute atomic E-state index is 0.307. The van der Waals surface area contributed by atoms with Gasteiger partial charge in [0.15, 0.2) is 5.96 Å². The Bertz CT molecular complexity index is 487. The van der Waals surface area contributed by atoms with Gasteiger partial charge in [0.25, 0.3) is 0 Å². The first-order valence-corrected chi connectivity index (χ1v) is 9.72. The number of nitrogens with zero attached hydrogens (tertiary/aromatic N) is 2. The molecule has 0 aromatic carbocycles. The summed E-state index contributed by atoms with van der Waals surface area (Å²) >= 11 is 1.75. The molecular weight excluding hydrogens is 324 g/mol. The highest BCUT2D eigenvalue weighted by atomic mass is 32.1. The predicted molar refractivity (Wildman–Crippen MR) is 98.9 cm³/mol. The van der Waals surface area contributed by atoms with Crippen molar-refractivity contribution < 1.29 is 9.47 Å². The van der Waals surface area contributed by atoms with Crippen LogP contribution in [0.4, 0.5) is 0 Å². The third-order valence-electron chi connectivity index (χ3n) is 3.69. The summed E-state index contributed by atoms with van der Waals surface area (Å²) in [6.07, 6.45) is 6.38. The summed E-state index contributed by atoms with van der Waals surface area (Å²) in [6.45, 7) is 8.96. The largest absolute Gasteiger partial charge is 0.379 e. The van der Waals surface area contributed by atoms with E-state index in [1.54, 1.807) is 11.3 Å². The molecule has 2 N–H and O–H groups in total. The van der Waals surface area contributed by atoms with Crippen LogP contribution >= 0.6 is 11.3 Å². The fourth-order valence-corrected chi connectivity index (χ4v) is 3.28. The molecule has 24 heavy (non-hydrogen) atoms. The normalized spacial score (nSPS) is 18.1. The van der Waals surface area contributed by atoms with E-state index in [9.17, 15) is 0 Å². The second kappa shape index (κ2) is 11.4. The van der Waals surface area contributed by atoms with Gasteiger partial charge in [0.2, 0.25) is 0 Å². The Balaban J connectivity index is 1.57. The van der Waals surface area contributed by atoms with Crippen molar-refractivity contribution in [3.05, 3.63) is 16.1 Å². The maximum atomic E-state index is 5.66. The average Bonchev–Trinajstić information content (AvgIpc) is 3.22. The van der Waals surface area contributed by atoms with Crippen molar-refractivity contribution in [1.82, 2.24) is 15.6 Å². The Labute approximate surface area is 149 Å². The van der Waals surface area contributed by atoms with E-state index < -0.39 is 0 Å². The molecule has 1 aliphatic heterocycles. The topological polar surface area (TPSA) is 67.8 Å². The molecule has 1 atom stereocenters. The zero-order valence-electron chi connectivity index (χ0n) is 14.8. The lowest BCUT2D eigenvalue weighted by Crippen LogP contribution is -2.38. The Morgan fingerprint density at radius 2 is 2.42 bits per heavy atom. The van der Waals surface area contributed by atoms with Crippen LogP contribution in [0.2, 0.25) is 0 Å². The van der Waals surface area contributed by atoms with E-state index >= 15 is 0 Å². The Morgan fingerprint density at radius 1 is 1.50 bits per heavy atom. The number of aryl methyl sites for hydroxylation is 1. The molecule has 6 nitrogen and oxygen atoms in total. The van der Waals surface area contributed by atoms with Crippen LogP contribution in [0, 0.1) is 6.92 Å². The molecule has 1 aliphatic rings. The van der Waals surface area contributed by atoms with E-state index in [1.165, 1.54) is 9.88 Å². The van der Waals surface area contributed by atoms with Gasteiger partial charge in [0.05, 0.1) is 17.7 Å². The molecule has 0 amide bonds. The molecule has 136 valence electrons. The second-order valence-electron chi connectivity index (χ2n) is 5.87. The maximum absolute atomic E-state index is 5.66. The van der Waals surface area contributed by atoms with Gasteiger partial charge in [-0.15, -0.1) is 11.3 Å². The number of thiazole rings is 1. The minimum Gasteiger partial charge on any atom is -0.379 e. The van der Waals surface area contributed by atoms with E-state index in [0.717, 1.165) is 71.1 Å². The molecule has 1 aromatic rings. The van der Waals surface area contributed by atoms with E-state index in [1.807, 2.05) is 6.20 Å². The van der Waals surface area contributed by atoms with Crippen LogP contribution in [0.15, 0.2) is 11.2 Å². The number of ether oxygens (including phenoxy) is 2. The van der Waals surface area contributed by atoms with Crippen molar-refractivity contribution in [2.75, 3.05) is 39.5 Å². The van der Waals surface area contributed by atoms with Gasteiger partial charge in [-0.2, -0.15) is 0 Å². The molecule has 0 spiro atoms. The van der Waals surface area contributed by atoms with Crippen molar-refractivity contribution in [2.24, 2.45) is 4.99 Å². The first-order valence-electron chi connectivity index (χ1n) is 8.90. The number of rotatable bonds is 10. The molecule has 2 rings (SSSR count). The Kier molecular flexibility index (Phi) is 9.09. The molecular formula is C17H30N4O2S. The predicted octanol–water partition coefficient (Wildman–Crippen LogP) is 2.13. The van der Waals surface area contributed by atoms with Crippen LogP contribution in [-0.4, -0.2) is 56.5 Å². The monoisotopic (exact) mass is 354 g/mol. The zero-order valence-corrected chi connectivity index (χ0v) is 15.7. The van der Waals surface area contributed by atoms with E-state index in [4.69, 9.17) is 9.47 Å². The Morgan fingerprint density at radius 3 is 3.12 bits per heavy atom. The minimum atomic E-state index is 0.307. The van der Waals surface area contributed by atoms with Crippen molar-refractivity contribution in [3.63, 3.8) is 0 Å². The highest BCUT2D eigenvalue weighted by Gasteiger charge is 2.14. The lowest BCUT2D eigenvalue weighted by atomic mass is 10.2. The third-order valence-corrected chi connectivity index (χ3v) is 4.66.